The summed E-state index contributed by atoms with van der Waals surface area (Å²) in [4.78, 5) is 0. The first-order chi connectivity index (χ1) is 12.2. The van der Waals surface area contributed by atoms with E-state index >= 15 is 0 Å². The Balaban J connectivity index is 2.10. The molecule has 0 N–H and O–H groups in total. The van der Waals surface area contributed by atoms with E-state index in [0.29, 0.717) is 11.8 Å². The number of ether oxygens (including phenoxy) is 2. The fourth-order valence-electron chi connectivity index (χ4n) is 4.87. The maximum absolute atomic E-state index is 6.60. The minimum absolute atomic E-state index is 0.130. The fourth-order valence-corrected chi connectivity index (χ4v) is 4.87. The Hall–Kier alpha value is -1.44. The van der Waals surface area contributed by atoms with E-state index in [1.807, 2.05) is 0 Å². The van der Waals surface area contributed by atoms with Crippen LogP contribution in [-0.4, -0.2) is 12.7 Å². The predicted molar refractivity (Wildman–Crippen MR) is 109 cm³/mol. The van der Waals surface area contributed by atoms with Crippen LogP contribution in [0.25, 0.3) is 0 Å². The lowest BCUT2D eigenvalue weighted by molar-refractivity contribution is 0.00738. The molecule has 144 valence electrons. The molecule has 0 spiro atoms. The zero-order valence-electron chi connectivity index (χ0n) is 17.7. The molecule has 2 nitrogen and oxygen atoms in total. The third kappa shape index (κ3) is 3.40. The summed E-state index contributed by atoms with van der Waals surface area (Å²) in [5.74, 6) is 3.06. The second kappa shape index (κ2) is 6.94. The normalized spacial score (nSPS) is 24.2. The smallest absolute Gasteiger partial charge is 0.127 e. The van der Waals surface area contributed by atoms with Gasteiger partial charge in [0.25, 0.3) is 0 Å². The Morgan fingerprint density at radius 2 is 2.00 bits per heavy atom. The van der Waals surface area contributed by atoms with Gasteiger partial charge in [-0.15, -0.1) is 0 Å². The third-order valence-electron chi connectivity index (χ3n) is 6.65. The number of unbranched alkanes of at least 4 members (excludes halogenated alkanes) is 1. The van der Waals surface area contributed by atoms with Crippen LogP contribution in [0.5, 0.6) is 11.5 Å². The van der Waals surface area contributed by atoms with Crippen molar-refractivity contribution in [3.8, 4) is 11.5 Å². The van der Waals surface area contributed by atoms with E-state index in [-0.39, 0.29) is 11.0 Å². The summed E-state index contributed by atoms with van der Waals surface area (Å²) in [5, 5.41) is 0. The first-order valence-electron chi connectivity index (χ1n) is 10.3. The molecule has 2 aliphatic rings. The Labute approximate surface area is 160 Å². The molecule has 1 aromatic rings. The largest absolute Gasteiger partial charge is 0.496 e. The number of methoxy groups -OCH3 is 1. The highest BCUT2D eigenvalue weighted by molar-refractivity contribution is 5.54. The first-order valence-corrected chi connectivity index (χ1v) is 10.3. The van der Waals surface area contributed by atoms with Crippen molar-refractivity contribution in [1.29, 1.82) is 0 Å². The molecule has 2 unspecified atom stereocenters. The Bertz CT molecular complexity index is 696. The van der Waals surface area contributed by atoms with E-state index < -0.39 is 0 Å². The lowest BCUT2D eigenvalue weighted by Gasteiger charge is -2.47. The second-order valence-electron chi connectivity index (χ2n) is 9.49. The van der Waals surface area contributed by atoms with Gasteiger partial charge in [0, 0.05) is 17.4 Å². The maximum Gasteiger partial charge on any atom is 0.127 e. The number of rotatable bonds is 5. The van der Waals surface area contributed by atoms with Crippen LogP contribution in [0, 0.1) is 5.92 Å². The molecule has 3 rings (SSSR count). The molecule has 0 saturated carbocycles. The van der Waals surface area contributed by atoms with Crippen LogP contribution in [-0.2, 0) is 5.41 Å². The van der Waals surface area contributed by atoms with Gasteiger partial charge in [0.2, 0.25) is 0 Å². The Morgan fingerprint density at radius 3 is 2.65 bits per heavy atom. The lowest BCUT2D eigenvalue weighted by atomic mass is 9.66. The van der Waals surface area contributed by atoms with Crippen LogP contribution >= 0.6 is 0 Å². The highest BCUT2D eigenvalue weighted by Gasteiger charge is 2.46. The standard InChI is InChI=1S/C24H36O2/c1-8-9-12-23(3,4)17-14-20(25-7)22-18-13-16(2)10-11-19(18)24(5,6)26-21(22)15-17/h10,14-15,18-19H,8-9,11-13H2,1-7H3. The third-order valence-corrected chi connectivity index (χ3v) is 6.65. The van der Waals surface area contributed by atoms with Gasteiger partial charge in [-0.2, -0.15) is 0 Å². The van der Waals surface area contributed by atoms with Gasteiger partial charge in [0.1, 0.15) is 17.1 Å². The minimum atomic E-state index is -0.147. The summed E-state index contributed by atoms with van der Waals surface area (Å²) in [6.07, 6.45) is 8.25. The van der Waals surface area contributed by atoms with Gasteiger partial charge in [-0.25, -0.2) is 0 Å². The Morgan fingerprint density at radius 1 is 1.27 bits per heavy atom. The number of hydrogen-bond acceptors (Lipinski definition) is 2. The molecule has 0 saturated heterocycles. The van der Waals surface area contributed by atoms with Crippen molar-refractivity contribution in [3.05, 3.63) is 34.9 Å². The molecule has 26 heavy (non-hydrogen) atoms. The van der Waals surface area contributed by atoms with Crippen LogP contribution in [0.4, 0.5) is 0 Å². The van der Waals surface area contributed by atoms with E-state index in [1.165, 1.54) is 36.0 Å². The van der Waals surface area contributed by atoms with Crippen molar-refractivity contribution >= 4 is 0 Å². The summed E-state index contributed by atoms with van der Waals surface area (Å²) < 4.78 is 12.5. The van der Waals surface area contributed by atoms with Gasteiger partial charge in [0.15, 0.2) is 0 Å². The van der Waals surface area contributed by atoms with Crippen molar-refractivity contribution in [1.82, 2.24) is 0 Å². The number of fused-ring (bicyclic) bond motifs is 3. The number of allylic oxidation sites excluding steroid dienone is 2. The molecule has 0 fully saturated rings. The van der Waals surface area contributed by atoms with E-state index in [0.717, 1.165) is 24.3 Å². The van der Waals surface area contributed by atoms with Crippen molar-refractivity contribution in [2.24, 2.45) is 5.92 Å². The highest BCUT2D eigenvalue weighted by atomic mass is 16.5. The van der Waals surface area contributed by atoms with Crippen LogP contribution in [0.1, 0.15) is 90.7 Å². The summed E-state index contributed by atoms with van der Waals surface area (Å²) in [7, 11) is 1.80. The van der Waals surface area contributed by atoms with Crippen LogP contribution < -0.4 is 9.47 Å². The molecule has 1 aromatic carbocycles. The Kier molecular flexibility index (Phi) is 5.16. The molecular formula is C24H36O2. The van der Waals surface area contributed by atoms with Crippen molar-refractivity contribution in [2.75, 3.05) is 7.11 Å². The van der Waals surface area contributed by atoms with Crippen molar-refractivity contribution in [2.45, 2.75) is 90.6 Å². The molecule has 1 heterocycles. The fraction of sp³-hybridized carbons (Fsp3) is 0.667. The number of hydrogen-bond donors (Lipinski definition) is 0. The summed E-state index contributed by atoms with van der Waals surface area (Å²) >= 11 is 0. The molecule has 2 atom stereocenters. The van der Waals surface area contributed by atoms with E-state index in [2.05, 4.69) is 59.8 Å². The van der Waals surface area contributed by atoms with Gasteiger partial charge < -0.3 is 9.47 Å². The van der Waals surface area contributed by atoms with Crippen LogP contribution in [0.2, 0.25) is 0 Å². The molecule has 1 aliphatic carbocycles. The maximum atomic E-state index is 6.60. The second-order valence-corrected chi connectivity index (χ2v) is 9.49. The highest BCUT2D eigenvalue weighted by Crippen LogP contribution is 2.55. The molecule has 2 heteroatoms. The van der Waals surface area contributed by atoms with E-state index in [4.69, 9.17) is 9.47 Å². The zero-order chi connectivity index (χ0) is 19.1. The summed E-state index contributed by atoms with van der Waals surface area (Å²) in [5.41, 5.74) is 4.10. The summed E-state index contributed by atoms with van der Waals surface area (Å²) in [6, 6.07) is 4.58. The first kappa shape index (κ1) is 19.3. The molecule has 1 aliphatic heterocycles. The zero-order valence-corrected chi connectivity index (χ0v) is 17.7. The van der Waals surface area contributed by atoms with Gasteiger partial charge >= 0.3 is 0 Å². The predicted octanol–water partition coefficient (Wildman–Crippen LogP) is 6.77. The van der Waals surface area contributed by atoms with Gasteiger partial charge in [-0.1, -0.05) is 45.3 Å². The molecule has 0 bridgehead atoms. The molecule has 0 aromatic heterocycles. The van der Waals surface area contributed by atoms with Crippen LogP contribution in [0.3, 0.4) is 0 Å². The number of benzene rings is 1. The molecule has 0 amide bonds. The van der Waals surface area contributed by atoms with Crippen molar-refractivity contribution in [3.63, 3.8) is 0 Å². The van der Waals surface area contributed by atoms with Crippen molar-refractivity contribution < 1.29 is 9.47 Å². The average molecular weight is 357 g/mol. The molecule has 0 radical (unpaired) electrons. The van der Waals surface area contributed by atoms with Gasteiger partial charge in [-0.3, -0.25) is 0 Å². The van der Waals surface area contributed by atoms with E-state index in [1.54, 1.807) is 7.11 Å². The SMILES string of the molecule is CCCCC(C)(C)c1cc(OC)c2c(c1)OC(C)(C)C1CC=C(C)CC21. The quantitative estimate of drug-likeness (QED) is 0.542. The average Bonchev–Trinajstić information content (AvgIpc) is 2.58. The minimum Gasteiger partial charge on any atom is -0.496 e. The van der Waals surface area contributed by atoms with E-state index in [9.17, 15) is 0 Å². The lowest BCUT2D eigenvalue weighted by Crippen LogP contribution is -2.45. The van der Waals surface area contributed by atoms with Crippen LogP contribution in [0.15, 0.2) is 23.8 Å². The van der Waals surface area contributed by atoms with Gasteiger partial charge in [-0.05, 0) is 63.1 Å². The van der Waals surface area contributed by atoms with Gasteiger partial charge in [0.05, 0.1) is 7.11 Å². The monoisotopic (exact) mass is 356 g/mol. The molecular weight excluding hydrogens is 320 g/mol. The topological polar surface area (TPSA) is 18.5 Å². The summed E-state index contributed by atoms with van der Waals surface area (Å²) in [6.45, 7) is 13.7.